The molecule has 110 valence electrons. The summed E-state index contributed by atoms with van der Waals surface area (Å²) in [6.45, 7) is 0.649. The zero-order valence-corrected chi connectivity index (χ0v) is 12.7. The van der Waals surface area contributed by atoms with Gasteiger partial charge in [-0.2, -0.15) is 0 Å². The lowest BCUT2D eigenvalue weighted by Gasteiger charge is -2.21. The van der Waals surface area contributed by atoms with Gasteiger partial charge in [0, 0.05) is 22.8 Å². The van der Waals surface area contributed by atoms with Crippen molar-refractivity contribution in [3.05, 3.63) is 29.8 Å². The Morgan fingerprint density at radius 3 is 2.60 bits per heavy atom. The summed E-state index contributed by atoms with van der Waals surface area (Å²) in [7, 11) is 1.47. The normalized spacial score (nSPS) is 16.9. The third kappa shape index (κ3) is 4.21. The number of nitrogens with one attached hydrogen (secondary N) is 1. The van der Waals surface area contributed by atoms with Crippen molar-refractivity contribution in [1.29, 1.82) is 0 Å². The summed E-state index contributed by atoms with van der Waals surface area (Å²) in [5, 5.41) is 2.87. The van der Waals surface area contributed by atoms with Gasteiger partial charge in [0.25, 0.3) is 15.0 Å². The smallest absolute Gasteiger partial charge is 0.261 e. The van der Waals surface area contributed by atoms with Gasteiger partial charge in [0.15, 0.2) is 0 Å². The Bertz CT molecular complexity index is 580. The summed E-state index contributed by atoms with van der Waals surface area (Å²) in [6.07, 6.45) is 6.02. The van der Waals surface area contributed by atoms with Crippen molar-refractivity contribution >= 4 is 25.6 Å². The molecular weight excluding hydrogens is 298 g/mol. The van der Waals surface area contributed by atoms with Crippen LogP contribution in [-0.4, -0.2) is 20.9 Å². The van der Waals surface area contributed by atoms with E-state index in [9.17, 15) is 13.2 Å². The maximum absolute atomic E-state index is 12.0. The van der Waals surface area contributed by atoms with E-state index >= 15 is 0 Å². The third-order valence-corrected chi connectivity index (χ3v) is 5.01. The van der Waals surface area contributed by atoms with Gasteiger partial charge in [0.2, 0.25) is 0 Å². The number of carbonyl (C=O) groups is 1. The number of hydrogen-bond donors (Lipinski definition) is 1. The van der Waals surface area contributed by atoms with E-state index in [0.29, 0.717) is 18.0 Å². The molecule has 0 atom stereocenters. The Morgan fingerprint density at radius 2 is 1.95 bits per heavy atom. The van der Waals surface area contributed by atoms with Crippen LogP contribution < -0.4 is 5.32 Å². The van der Waals surface area contributed by atoms with Crippen LogP contribution in [0.5, 0.6) is 0 Å². The molecule has 1 aliphatic rings. The largest absolute Gasteiger partial charge is 0.352 e. The van der Waals surface area contributed by atoms with Crippen molar-refractivity contribution in [1.82, 2.24) is 5.32 Å². The Balaban J connectivity index is 1.98. The van der Waals surface area contributed by atoms with Crippen molar-refractivity contribution in [2.24, 2.45) is 5.92 Å². The monoisotopic (exact) mass is 315 g/mol. The maximum atomic E-state index is 12.0. The van der Waals surface area contributed by atoms with Crippen LogP contribution in [0.2, 0.25) is 0 Å². The van der Waals surface area contributed by atoms with E-state index < -0.39 is 9.05 Å². The Morgan fingerprint density at radius 1 is 1.25 bits per heavy atom. The molecule has 20 heavy (non-hydrogen) atoms. The van der Waals surface area contributed by atoms with Gasteiger partial charge in [0.05, 0.1) is 4.90 Å². The highest BCUT2D eigenvalue weighted by Gasteiger charge is 2.16. The second-order valence-electron chi connectivity index (χ2n) is 5.18. The van der Waals surface area contributed by atoms with Gasteiger partial charge in [0.1, 0.15) is 0 Å². The number of amides is 1. The molecule has 0 aromatic heterocycles. The molecule has 1 aromatic carbocycles. The van der Waals surface area contributed by atoms with E-state index in [4.69, 9.17) is 10.7 Å². The predicted octanol–water partition coefficient (Wildman–Crippen LogP) is 2.92. The van der Waals surface area contributed by atoms with Gasteiger partial charge < -0.3 is 5.32 Å². The molecule has 1 fully saturated rings. The first-order valence-corrected chi connectivity index (χ1v) is 9.10. The van der Waals surface area contributed by atoms with Crippen molar-refractivity contribution < 1.29 is 13.2 Å². The summed E-state index contributed by atoms with van der Waals surface area (Å²) in [4.78, 5) is 12.0. The summed E-state index contributed by atoms with van der Waals surface area (Å²) >= 11 is 0. The summed E-state index contributed by atoms with van der Waals surface area (Å²) < 4.78 is 22.5. The summed E-state index contributed by atoms with van der Waals surface area (Å²) in [5.74, 6) is 0.283. The maximum Gasteiger partial charge on any atom is 0.261 e. The Kier molecular flexibility index (Phi) is 5.05. The standard InChI is InChI=1S/C14H18ClNO3S/c15-20(18,19)13-8-4-7-12(9-13)14(17)16-10-11-5-2-1-3-6-11/h4,7-9,11H,1-3,5-6,10H2,(H,16,17). The molecule has 0 spiro atoms. The lowest BCUT2D eigenvalue weighted by Crippen LogP contribution is -2.30. The number of hydrogen-bond acceptors (Lipinski definition) is 3. The topological polar surface area (TPSA) is 63.2 Å². The highest BCUT2D eigenvalue weighted by Crippen LogP contribution is 2.23. The lowest BCUT2D eigenvalue weighted by atomic mass is 9.89. The summed E-state index contributed by atoms with van der Waals surface area (Å²) in [5.41, 5.74) is 0.322. The van der Waals surface area contributed by atoms with E-state index in [-0.39, 0.29) is 10.8 Å². The average molecular weight is 316 g/mol. The van der Waals surface area contributed by atoms with Crippen LogP contribution >= 0.6 is 10.7 Å². The van der Waals surface area contributed by atoms with Crippen molar-refractivity contribution in [3.63, 3.8) is 0 Å². The number of benzene rings is 1. The molecule has 0 saturated heterocycles. The molecule has 2 rings (SSSR count). The average Bonchev–Trinajstić information content (AvgIpc) is 2.45. The van der Waals surface area contributed by atoms with E-state index in [0.717, 1.165) is 12.8 Å². The Labute approximate surface area is 123 Å². The Hall–Kier alpha value is -1.07. The van der Waals surface area contributed by atoms with Crippen LogP contribution in [0.1, 0.15) is 42.5 Å². The van der Waals surface area contributed by atoms with Crippen molar-refractivity contribution in [2.75, 3.05) is 6.54 Å². The molecule has 0 heterocycles. The van der Waals surface area contributed by atoms with Crippen LogP contribution in [0, 0.1) is 5.92 Å². The van der Waals surface area contributed by atoms with Gasteiger partial charge in [-0.15, -0.1) is 0 Å². The minimum absolute atomic E-state index is 0.0514. The zero-order valence-electron chi connectivity index (χ0n) is 11.1. The highest BCUT2D eigenvalue weighted by molar-refractivity contribution is 8.13. The molecule has 1 amide bonds. The van der Waals surface area contributed by atoms with Crippen molar-refractivity contribution in [2.45, 2.75) is 37.0 Å². The molecule has 4 nitrogen and oxygen atoms in total. The minimum atomic E-state index is -3.80. The van der Waals surface area contributed by atoms with Gasteiger partial charge >= 0.3 is 0 Å². The predicted molar refractivity (Wildman–Crippen MR) is 78.4 cm³/mol. The van der Waals surface area contributed by atoms with Crippen LogP contribution in [0.3, 0.4) is 0 Å². The molecule has 1 aromatic rings. The van der Waals surface area contributed by atoms with Gasteiger partial charge in [-0.05, 0) is 37.0 Å². The number of rotatable bonds is 4. The van der Waals surface area contributed by atoms with Gasteiger partial charge in [-0.3, -0.25) is 4.79 Å². The van der Waals surface area contributed by atoms with Crippen LogP contribution in [0.25, 0.3) is 0 Å². The molecule has 1 N–H and O–H groups in total. The lowest BCUT2D eigenvalue weighted by molar-refractivity contribution is 0.0943. The SMILES string of the molecule is O=C(NCC1CCCCC1)c1cccc(S(=O)(=O)Cl)c1. The molecule has 0 bridgehead atoms. The second kappa shape index (κ2) is 6.59. The fourth-order valence-electron chi connectivity index (χ4n) is 2.52. The van der Waals surface area contributed by atoms with Crippen LogP contribution in [-0.2, 0) is 9.05 Å². The van der Waals surface area contributed by atoms with Crippen LogP contribution in [0.15, 0.2) is 29.2 Å². The van der Waals surface area contributed by atoms with Gasteiger partial charge in [-0.25, -0.2) is 8.42 Å². The number of carbonyl (C=O) groups excluding carboxylic acids is 1. The van der Waals surface area contributed by atoms with E-state index in [1.807, 2.05) is 0 Å². The van der Waals surface area contributed by atoms with Crippen LogP contribution in [0.4, 0.5) is 0 Å². The van der Waals surface area contributed by atoms with E-state index in [2.05, 4.69) is 5.32 Å². The quantitative estimate of drug-likeness (QED) is 0.869. The fraction of sp³-hybridized carbons (Fsp3) is 0.500. The number of halogens is 1. The zero-order chi connectivity index (χ0) is 14.6. The molecule has 0 radical (unpaired) electrons. The molecule has 6 heteroatoms. The van der Waals surface area contributed by atoms with E-state index in [1.165, 1.54) is 37.5 Å². The first-order valence-electron chi connectivity index (χ1n) is 6.80. The van der Waals surface area contributed by atoms with E-state index in [1.54, 1.807) is 6.07 Å². The molecule has 1 aliphatic carbocycles. The fourth-order valence-corrected chi connectivity index (χ4v) is 3.32. The highest BCUT2D eigenvalue weighted by atomic mass is 35.7. The first kappa shape index (κ1) is 15.3. The minimum Gasteiger partial charge on any atom is -0.352 e. The first-order chi connectivity index (χ1) is 9.47. The molecular formula is C14H18ClNO3S. The third-order valence-electron chi connectivity index (χ3n) is 3.65. The second-order valence-corrected chi connectivity index (χ2v) is 7.75. The molecule has 1 saturated carbocycles. The summed E-state index contributed by atoms with van der Waals surface area (Å²) in [6, 6.07) is 5.78. The molecule has 0 aliphatic heterocycles. The molecule has 0 unspecified atom stereocenters. The van der Waals surface area contributed by atoms with Crippen molar-refractivity contribution in [3.8, 4) is 0 Å². The van der Waals surface area contributed by atoms with Gasteiger partial charge in [-0.1, -0.05) is 25.3 Å².